The Kier molecular flexibility index (Phi) is 3.42. The van der Waals surface area contributed by atoms with Crippen molar-refractivity contribution in [3.63, 3.8) is 0 Å². The number of rotatable bonds is 4. The predicted molar refractivity (Wildman–Crippen MR) is 95.1 cm³/mol. The van der Waals surface area contributed by atoms with E-state index in [0.717, 1.165) is 29.6 Å². The zero-order valence-electron chi connectivity index (χ0n) is 14.7. The van der Waals surface area contributed by atoms with Crippen molar-refractivity contribution in [3.05, 3.63) is 29.3 Å². The molecule has 4 heterocycles. The molecule has 140 valence electrons. The summed E-state index contributed by atoms with van der Waals surface area (Å²) < 4.78 is 0. The van der Waals surface area contributed by atoms with E-state index in [-0.39, 0.29) is 24.3 Å². The van der Waals surface area contributed by atoms with Crippen LogP contribution >= 0.6 is 0 Å². The second kappa shape index (κ2) is 5.63. The molecule has 2 bridgehead atoms. The summed E-state index contributed by atoms with van der Waals surface area (Å²) in [6.45, 7) is 1.85. The monoisotopic (exact) mass is 368 g/mol. The molecule has 0 radical (unpaired) electrons. The lowest BCUT2D eigenvalue weighted by Gasteiger charge is -2.38. The Balaban J connectivity index is 1.35. The SMILES string of the molecule is O=C1CCC(N2C(=O)c3ccc(NCC45CC(CN4)C5)cc3C2=O)C(=O)N1. The van der Waals surface area contributed by atoms with Crippen molar-refractivity contribution in [2.24, 2.45) is 5.92 Å². The quantitative estimate of drug-likeness (QED) is 0.658. The van der Waals surface area contributed by atoms with Crippen LogP contribution in [-0.2, 0) is 9.59 Å². The maximum atomic E-state index is 12.8. The highest BCUT2D eigenvalue weighted by Crippen LogP contribution is 2.43. The minimum Gasteiger partial charge on any atom is -0.383 e. The standard InChI is InChI=1S/C19H20N4O4/c24-15-4-3-14(16(25)22-15)23-17(26)12-2-1-11(5-13(12)18(23)27)20-9-19-6-10(7-19)8-21-19/h1-2,5,10,14,20-21H,3-4,6-9H2,(H,22,24,25). The fourth-order valence-corrected chi connectivity index (χ4v) is 4.75. The number of fused-ring (bicyclic) bond motifs is 2. The normalized spacial score (nSPS) is 31.6. The van der Waals surface area contributed by atoms with Crippen LogP contribution in [0.2, 0.25) is 0 Å². The van der Waals surface area contributed by atoms with Crippen molar-refractivity contribution in [1.29, 1.82) is 0 Å². The molecule has 1 aromatic rings. The van der Waals surface area contributed by atoms with Gasteiger partial charge in [0.1, 0.15) is 6.04 Å². The van der Waals surface area contributed by atoms with E-state index in [1.807, 2.05) is 0 Å². The average molecular weight is 368 g/mol. The van der Waals surface area contributed by atoms with E-state index in [1.54, 1.807) is 18.2 Å². The third-order valence-electron chi connectivity index (χ3n) is 6.20. The lowest BCUT2D eigenvalue weighted by atomic mass is 9.73. The molecule has 4 fully saturated rings. The highest BCUT2D eigenvalue weighted by molar-refractivity contribution is 6.23. The Morgan fingerprint density at radius 3 is 2.59 bits per heavy atom. The number of piperidine rings is 1. The summed E-state index contributed by atoms with van der Waals surface area (Å²) in [5.41, 5.74) is 1.54. The van der Waals surface area contributed by atoms with Crippen molar-refractivity contribution in [2.45, 2.75) is 37.3 Å². The molecule has 6 rings (SSSR count). The molecule has 4 aliphatic heterocycles. The fourth-order valence-electron chi connectivity index (χ4n) is 4.75. The van der Waals surface area contributed by atoms with Crippen molar-refractivity contribution in [2.75, 3.05) is 18.4 Å². The fraction of sp³-hybridized carbons (Fsp3) is 0.474. The number of amides is 4. The van der Waals surface area contributed by atoms with E-state index in [4.69, 9.17) is 0 Å². The van der Waals surface area contributed by atoms with Crippen LogP contribution < -0.4 is 16.0 Å². The first-order valence-electron chi connectivity index (χ1n) is 9.30. The minimum atomic E-state index is -0.931. The molecule has 1 atom stereocenters. The molecular formula is C19H20N4O4. The summed E-state index contributed by atoms with van der Waals surface area (Å²) in [5.74, 6) is -1.14. The second-order valence-corrected chi connectivity index (χ2v) is 8.00. The summed E-state index contributed by atoms with van der Waals surface area (Å²) >= 11 is 0. The molecule has 0 aromatic heterocycles. The van der Waals surface area contributed by atoms with Gasteiger partial charge in [0, 0.05) is 24.2 Å². The second-order valence-electron chi connectivity index (χ2n) is 8.00. The lowest BCUT2D eigenvalue weighted by Crippen LogP contribution is -2.54. The Hall–Kier alpha value is -2.74. The van der Waals surface area contributed by atoms with Crippen LogP contribution in [0.15, 0.2) is 18.2 Å². The Bertz CT molecular complexity index is 884. The topological polar surface area (TPSA) is 108 Å². The van der Waals surface area contributed by atoms with Gasteiger partial charge in [-0.1, -0.05) is 0 Å². The number of carbonyl (C=O) groups is 4. The first-order chi connectivity index (χ1) is 13.0. The third kappa shape index (κ3) is 2.47. The van der Waals surface area contributed by atoms with Crippen LogP contribution in [-0.4, -0.2) is 53.2 Å². The van der Waals surface area contributed by atoms with Gasteiger partial charge in [0.25, 0.3) is 11.8 Å². The summed E-state index contributed by atoms with van der Waals surface area (Å²) in [7, 11) is 0. The van der Waals surface area contributed by atoms with Gasteiger partial charge in [-0.2, -0.15) is 0 Å². The number of hydrogen-bond acceptors (Lipinski definition) is 6. The van der Waals surface area contributed by atoms with E-state index in [0.29, 0.717) is 11.1 Å². The van der Waals surface area contributed by atoms with Gasteiger partial charge in [0.2, 0.25) is 11.8 Å². The maximum Gasteiger partial charge on any atom is 0.262 e. The molecule has 8 heteroatoms. The molecule has 0 spiro atoms. The van der Waals surface area contributed by atoms with Gasteiger partial charge in [0.15, 0.2) is 0 Å². The average Bonchev–Trinajstić information content (AvgIpc) is 3.28. The number of carbonyl (C=O) groups excluding carboxylic acids is 4. The molecule has 4 amide bonds. The van der Waals surface area contributed by atoms with Crippen molar-refractivity contribution < 1.29 is 19.2 Å². The molecule has 27 heavy (non-hydrogen) atoms. The number of anilines is 1. The van der Waals surface area contributed by atoms with Crippen LogP contribution in [0.25, 0.3) is 0 Å². The minimum absolute atomic E-state index is 0.118. The highest BCUT2D eigenvalue weighted by Gasteiger charge is 2.50. The molecule has 1 saturated carbocycles. The van der Waals surface area contributed by atoms with Crippen molar-refractivity contribution in [1.82, 2.24) is 15.5 Å². The first-order valence-corrected chi connectivity index (χ1v) is 9.30. The van der Waals surface area contributed by atoms with Crippen molar-refractivity contribution >= 4 is 29.3 Å². The van der Waals surface area contributed by atoms with Crippen LogP contribution in [0.5, 0.6) is 0 Å². The Morgan fingerprint density at radius 1 is 1.11 bits per heavy atom. The maximum absolute atomic E-state index is 12.8. The smallest absolute Gasteiger partial charge is 0.262 e. The predicted octanol–water partition coefficient (Wildman–Crippen LogP) is 0.252. The molecule has 1 unspecified atom stereocenters. The van der Waals surface area contributed by atoms with E-state index >= 15 is 0 Å². The molecule has 3 saturated heterocycles. The number of nitrogens with zero attached hydrogens (tertiary/aromatic N) is 1. The van der Waals surface area contributed by atoms with Gasteiger partial charge in [0.05, 0.1) is 11.1 Å². The Labute approximate surface area is 155 Å². The number of imide groups is 2. The third-order valence-corrected chi connectivity index (χ3v) is 6.20. The molecule has 3 N–H and O–H groups in total. The molecule has 1 aromatic carbocycles. The summed E-state index contributed by atoms with van der Waals surface area (Å²) in [6.07, 6.45) is 2.63. The van der Waals surface area contributed by atoms with Crippen molar-refractivity contribution in [3.8, 4) is 0 Å². The summed E-state index contributed by atoms with van der Waals surface area (Å²) in [4.78, 5) is 49.9. The molecule has 8 nitrogen and oxygen atoms in total. The lowest BCUT2D eigenvalue weighted by molar-refractivity contribution is -0.136. The van der Waals surface area contributed by atoms with Gasteiger partial charge in [-0.25, -0.2) is 0 Å². The Morgan fingerprint density at radius 2 is 1.89 bits per heavy atom. The molecule has 1 aliphatic carbocycles. The largest absolute Gasteiger partial charge is 0.383 e. The molecule has 5 aliphatic rings. The van der Waals surface area contributed by atoms with Crippen LogP contribution in [0.3, 0.4) is 0 Å². The van der Waals surface area contributed by atoms with Crippen LogP contribution in [0.1, 0.15) is 46.4 Å². The van der Waals surface area contributed by atoms with Gasteiger partial charge in [-0.05, 0) is 49.9 Å². The number of benzene rings is 1. The van der Waals surface area contributed by atoms with Gasteiger partial charge in [-0.15, -0.1) is 0 Å². The van der Waals surface area contributed by atoms with E-state index < -0.39 is 23.8 Å². The highest BCUT2D eigenvalue weighted by atomic mass is 16.2. The number of nitrogens with one attached hydrogen (secondary N) is 3. The summed E-state index contributed by atoms with van der Waals surface area (Å²) in [6, 6.07) is 4.18. The molecular weight excluding hydrogens is 348 g/mol. The van der Waals surface area contributed by atoms with Crippen LogP contribution in [0, 0.1) is 5.92 Å². The van der Waals surface area contributed by atoms with E-state index in [9.17, 15) is 19.2 Å². The van der Waals surface area contributed by atoms with E-state index in [2.05, 4.69) is 16.0 Å². The number of hydrogen-bond donors (Lipinski definition) is 3. The summed E-state index contributed by atoms with van der Waals surface area (Å²) in [5, 5.41) is 9.11. The van der Waals surface area contributed by atoms with E-state index in [1.165, 1.54) is 12.8 Å². The zero-order chi connectivity index (χ0) is 18.8. The van der Waals surface area contributed by atoms with Crippen LogP contribution in [0.4, 0.5) is 5.69 Å². The van der Waals surface area contributed by atoms with Gasteiger partial charge in [-0.3, -0.25) is 29.4 Å². The van der Waals surface area contributed by atoms with Gasteiger partial charge >= 0.3 is 0 Å². The first kappa shape index (κ1) is 16.4. The zero-order valence-corrected chi connectivity index (χ0v) is 14.7. The van der Waals surface area contributed by atoms with Gasteiger partial charge < -0.3 is 10.6 Å².